The van der Waals surface area contributed by atoms with Gasteiger partial charge >= 0.3 is 6.18 Å². The van der Waals surface area contributed by atoms with Crippen LogP contribution in [0.15, 0.2) is 37.1 Å². The zero-order chi connectivity index (χ0) is 34.2. The van der Waals surface area contributed by atoms with E-state index in [-0.39, 0.29) is 23.0 Å². The Morgan fingerprint density at radius 3 is 2.46 bits per heavy atom. The molecule has 1 N–H and O–H groups in total. The number of aryl methyl sites for hydroxylation is 1. The van der Waals surface area contributed by atoms with Gasteiger partial charge in [-0.25, -0.2) is 4.98 Å². The van der Waals surface area contributed by atoms with Gasteiger partial charge in [0.15, 0.2) is 12.4 Å². The second-order valence-corrected chi connectivity index (χ2v) is 15.9. The number of fused-ring (bicyclic) bond motifs is 2. The number of carbonyl (C=O) groups excluding carboxylic acids is 1. The third-order valence-corrected chi connectivity index (χ3v) is 12.0. The van der Waals surface area contributed by atoms with Crippen molar-refractivity contribution in [2.75, 3.05) is 68.8 Å². The molecule has 2 aliphatic carbocycles. The van der Waals surface area contributed by atoms with Crippen molar-refractivity contribution in [1.29, 1.82) is 0 Å². The summed E-state index contributed by atoms with van der Waals surface area (Å²) in [6.07, 6.45) is 3.08. The molecule has 6 fully saturated rings. The minimum absolute atomic E-state index is 0.0306. The number of ether oxygens (including phenoxy) is 1. The zero-order valence-corrected chi connectivity index (χ0v) is 28.0. The number of nitrogens with one attached hydrogen (secondary N) is 1. The van der Waals surface area contributed by atoms with Crippen LogP contribution in [0.25, 0.3) is 32.9 Å². The van der Waals surface area contributed by atoms with Gasteiger partial charge in [-0.1, -0.05) is 12.6 Å². The van der Waals surface area contributed by atoms with E-state index in [1.807, 2.05) is 19.1 Å². The van der Waals surface area contributed by atoms with Crippen LogP contribution in [0.5, 0.6) is 5.75 Å². The van der Waals surface area contributed by atoms with Gasteiger partial charge < -0.3 is 19.4 Å². The Labute approximate surface area is 287 Å². The highest BCUT2D eigenvalue weighted by molar-refractivity contribution is 6.06. The van der Waals surface area contributed by atoms with Gasteiger partial charge in [0.1, 0.15) is 11.3 Å². The maximum absolute atomic E-state index is 14.0. The Hall–Kier alpha value is -4.39. The maximum atomic E-state index is 14.0. The summed E-state index contributed by atoms with van der Waals surface area (Å²) < 4.78 is 48.0. The summed E-state index contributed by atoms with van der Waals surface area (Å²) in [5.74, 6) is 1.51. The van der Waals surface area contributed by atoms with Gasteiger partial charge in [-0.2, -0.15) is 23.3 Å². The van der Waals surface area contributed by atoms with Gasteiger partial charge in [-0.05, 0) is 78.8 Å². The molecule has 1 amide bonds. The Morgan fingerprint density at radius 2 is 1.78 bits per heavy atom. The molecule has 4 aromatic rings. The first-order valence-corrected chi connectivity index (χ1v) is 17.7. The van der Waals surface area contributed by atoms with Crippen molar-refractivity contribution in [3.8, 4) is 16.9 Å². The van der Waals surface area contributed by atoms with Crippen LogP contribution in [-0.2, 0) is 4.79 Å². The molecular formula is C37H39F3N8O2. The first-order chi connectivity index (χ1) is 24.0. The number of nitrogens with zero attached hydrogens (tertiary/aromatic N) is 7. The minimum atomic E-state index is -4.54. The van der Waals surface area contributed by atoms with E-state index >= 15 is 0 Å². The lowest BCUT2D eigenvalue weighted by Gasteiger charge is -2.60. The molecule has 2 aromatic carbocycles. The molecule has 0 unspecified atom stereocenters. The van der Waals surface area contributed by atoms with E-state index in [1.54, 1.807) is 11.1 Å². The average Bonchev–Trinajstić information content (AvgIpc) is 3.94. The monoisotopic (exact) mass is 684 g/mol. The molecule has 10 rings (SSSR count). The molecule has 4 saturated heterocycles. The number of hydrogen-bond donors (Lipinski definition) is 1. The standard InChI is InChI=1S/C37H39F3N8O2/c1-3-28(49)47-16-36(17-47)18-48(19-36)33-25-10-24(22-5-6-22)30(29-21(2)4-7-27-26(29)11-41-44-27)32(50-20-37(38,39)40)31(25)42-34(43-33)45-12-23(13-45)46-14-35(15-46)8-9-35/h3-4,7,10-11,22-23H,1,5-6,8-9,12-20H2,2H3,(H,41,44). The van der Waals surface area contributed by atoms with Gasteiger partial charge in [0, 0.05) is 80.2 Å². The Morgan fingerprint density at radius 1 is 1.02 bits per heavy atom. The lowest BCUT2D eigenvalue weighted by atomic mass is 9.72. The zero-order valence-electron chi connectivity index (χ0n) is 28.0. The van der Waals surface area contributed by atoms with Crippen LogP contribution in [0.4, 0.5) is 24.9 Å². The largest absolute Gasteiger partial charge is 0.481 e. The lowest BCUT2D eigenvalue weighted by Crippen LogP contribution is -2.73. The molecular weight excluding hydrogens is 645 g/mol. The maximum Gasteiger partial charge on any atom is 0.422 e. The topological polar surface area (TPSA) is 93.7 Å². The summed E-state index contributed by atoms with van der Waals surface area (Å²) in [6, 6.07) is 6.46. The highest BCUT2D eigenvalue weighted by atomic mass is 19.4. The summed E-state index contributed by atoms with van der Waals surface area (Å²) in [5, 5.41) is 8.86. The third kappa shape index (κ3) is 4.79. The van der Waals surface area contributed by atoms with E-state index in [2.05, 4.69) is 37.5 Å². The first-order valence-electron chi connectivity index (χ1n) is 17.7. The van der Waals surface area contributed by atoms with Gasteiger partial charge in [0.2, 0.25) is 11.9 Å². The number of rotatable bonds is 8. The van der Waals surface area contributed by atoms with Crippen molar-refractivity contribution in [3.63, 3.8) is 0 Å². The SMILES string of the molecule is C=CC(=O)N1CC2(C1)CN(c1nc(N3CC(N4CC5(CC5)C4)C3)nc3c(OCC(F)(F)F)c(-c4c(C)ccc5[nH]ncc45)c(C4CC4)cc13)C2. The number of H-pyrrole nitrogens is 1. The average molecular weight is 685 g/mol. The van der Waals surface area contributed by atoms with Crippen molar-refractivity contribution >= 4 is 39.5 Å². The van der Waals surface area contributed by atoms with Crippen LogP contribution in [0, 0.1) is 17.8 Å². The van der Waals surface area contributed by atoms with E-state index in [4.69, 9.17) is 14.7 Å². The van der Waals surface area contributed by atoms with E-state index in [0.717, 1.165) is 72.4 Å². The van der Waals surface area contributed by atoms with Crippen LogP contribution in [0.2, 0.25) is 0 Å². The number of amides is 1. The van der Waals surface area contributed by atoms with Crippen molar-refractivity contribution in [2.45, 2.75) is 50.7 Å². The van der Waals surface area contributed by atoms with Gasteiger partial charge in [0.05, 0.1) is 11.7 Å². The van der Waals surface area contributed by atoms with Crippen molar-refractivity contribution < 1.29 is 22.7 Å². The normalized spacial score (nSPS) is 22.4. The number of likely N-dealkylation sites (tertiary alicyclic amines) is 2. The number of carbonyl (C=O) groups is 1. The first kappa shape index (κ1) is 30.4. The molecule has 0 atom stereocenters. The fourth-order valence-electron chi connectivity index (χ4n) is 8.92. The molecule has 0 radical (unpaired) electrons. The van der Waals surface area contributed by atoms with Crippen LogP contribution >= 0.6 is 0 Å². The van der Waals surface area contributed by atoms with Crippen LogP contribution in [-0.4, -0.2) is 107 Å². The highest BCUT2D eigenvalue weighted by Crippen LogP contribution is 2.55. The summed E-state index contributed by atoms with van der Waals surface area (Å²) in [5.41, 5.74) is 5.10. The molecule has 50 heavy (non-hydrogen) atoms. The smallest absolute Gasteiger partial charge is 0.422 e. The Bertz CT molecular complexity index is 2080. The van der Waals surface area contributed by atoms with Crippen molar-refractivity contribution in [3.05, 3.63) is 48.2 Å². The van der Waals surface area contributed by atoms with E-state index in [1.165, 1.54) is 18.9 Å². The number of aromatic amines is 1. The number of halogens is 3. The molecule has 2 saturated carbocycles. The molecule has 2 aromatic heterocycles. The lowest BCUT2D eigenvalue weighted by molar-refractivity contribution is -0.153. The molecule has 0 bridgehead atoms. The van der Waals surface area contributed by atoms with Crippen LogP contribution in [0.3, 0.4) is 0 Å². The molecule has 10 nitrogen and oxygen atoms in total. The van der Waals surface area contributed by atoms with Crippen LogP contribution in [0.1, 0.15) is 42.7 Å². The highest BCUT2D eigenvalue weighted by Gasteiger charge is 2.56. The van der Waals surface area contributed by atoms with Crippen LogP contribution < -0.4 is 14.5 Å². The van der Waals surface area contributed by atoms with Gasteiger partial charge in [-0.3, -0.25) is 14.8 Å². The molecule has 4 aliphatic heterocycles. The summed E-state index contributed by atoms with van der Waals surface area (Å²) in [7, 11) is 0. The molecule has 2 spiro atoms. The number of hydrogen-bond acceptors (Lipinski definition) is 8. The fraction of sp³-hybridized carbons (Fsp3) is 0.514. The summed E-state index contributed by atoms with van der Waals surface area (Å²) in [6.45, 7) is 10.7. The number of alkyl halides is 3. The van der Waals surface area contributed by atoms with Crippen molar-refractivity contribution in [2.24, 2.45) is 10.8 Å². The Balaban J connectivity index is 1.11. The number of benzene rings is 2. The van der Waals surface area contributed by atoms with E-state index < -0.39 is 12.8 Å². The Kier molecular flexibility index (Phi) is 6.29. The molecule has 6 heterocycles. The van der Waals surface area contributed by atoms with E-state index in [0.29, 0.717) is 60.1 Å². The second-order valence-electron chi connectivity index (χ2n) is 15.9. The van der Waals surface area contributed by atoms with Gasteiger partial charge in [0.25, 0.3) is 0 Å². The van der Waals surface area contributed by atoms with Crippen molar-refractivity contribution in [1.82, 2.24) is 30.0 Å². The molecule has 260 valence electrons. The third-order valence-electron chi connectivity index (χ3n) is 12.0. The van der Waals surface area contributed by atoms with E-state index in [9.17, 15) is 18.0 Å². The quantitative estimate of drug-likeness (QED) is 0.246. The summed E-state index contributed by atoms with van der Waals surface area (Å²) in [4.78, 5) is 31.2. The fourth-order valence-corrected chi connectivity index (χ4v) is 8.92. The van der Waals surface area contributed by atoms with Gasteiger partial charge in [-0.15, -0.1) is 0 Å². The predicted octanol–water partition coefficient (Wildman–Crippen LogP) is 5.42. The predicted molar refractivity (Wildman–Crippen MR) is 184 cm³/mol. The molecule has 6 aliphatic rings. The molecule has 13 heteroatoms. The number of anilines is 2. The second kappa shape index (κ2) is 10.3. The number of aromatic nitrogens is 4. The minimum Gasteiger partial charge on any atom is -0.481 e. The summed E-state index contributed by atoms with van der Waals surface area (Å²) >= 11 is 0.